The van der Waals surface area contributed by atoms with Gasteiger partial charge in [-0.3, -0.25) is 0 Å². The molecule has 1 unspecified atom stereocenters. The summed E-state index contributed by atoms with van der Waals surface area (Å²) < 4.78 is 10.4. The molecule has 2 bridgehead atoms. The number of ether oxygens (including phenoxy) is 2. The predicted octanol–water partition coefficient (Wildman–Crippen LogP) is -0.117. The summed E-state index contributed by atoms with van der Waals surface area (Å²) in [5.74, 6) is 0. The van der Waals surface area contributed by atoms with Crippen molar-refractivity contribution < 1.29 is 14.6 Å². The van der Waals surface area contributed by atoms with E-state index in [1.807, 2.05) is 0 Å². The van der Waals surface area contributed by atoms with Crippen molar-refractivity contribution in [1.82, 2.24) is 0 Å². The van der Waals surface area contributed by atoms with Crippen LogP contribution in [0.15, 0.2) is 0 Å². The quantitative estimate of drug-likeness (QED) is 0.497. The van der Waals surface area contributed by atoms with Gasteiger partial charge in [0, 0.05) is 0 Å². The van der Waals surface area contributed by atoms with Gasteiger partial charge < -0.3 is 14.6 Å². The lowest BCUT2D eigenvalue weighted by molar-refractivity contribution is -0.152. The minimum absolute atomic E-state index is 0.262. The Balaban J connectivity index is 2.05. The summed E-state index contributed by atoms with van der Waals surface area (Å²) in [5, 5.41) is 9.15. The SMILES string of the molecule is OC1CC[C@@H]2CO[C@H]1O2. The maximum atomic E-state index is 9.15. The molecule has 0 saturated carbocycles. The zero-order chi connectivity index (χ0) is 6.27. The Morgan fingerprint density at radius 3 is 3.00 bits per heavy atom. The average molecular weight is 130 g/mol. The first-order valence-corrected chi connectivity index (χ1v) is 3.31. The van der Waals surface area contributed by atoms with Crippen LogP contribution in [-0.2, 0) is 9.47 Å². The van der Waals surface area contributed by atoms with Gasteiger partial charge >= 0.3 is 0 Å². The Morgan fingerprint density at radius 2 is 2.22 bits per heavy atom. The lowest BCUT2D eigenvalue weighted by Gasteiger charge is -2.22. The second kappa shape index (κ2) is 1.94. The molecule has 2 fully saturated rings. The highest BCUT2D eigenvalue weighted by molar-refractivity contribution is 4.77. The third kappa shape index (κ3) is 0.852. The molecule has 2 heterocycles. The van der Waals surface area contributed by atoms with Crippen LogP contribution in [0.25, 0.3) is 0 Å². The second-order valence-corrected chi connectivity index (χ2v) is 2.60. The topological polar surface area (TPSA) is 38.7 Å². The summed E-state index contributed by atoms with van der Waals surface area (Å²) in [7, 11) is 0. The van der Waals surface area contributed by atoms with Crippen molar-refractivity contribution in [3.05, 3.63) is 0 Å². The lowest BCUT2D eigenvalue weighted by Crippen LogP contribution is -2.32. The molecule has 3 heteroatoms. The van der Waals surface area contributed by atoms with Gasteiger partial charge in [-0.15, -0.1) is 0 Å². The van der Waals surface area contributed by atoms with Crippen LogP contribution in [0.5, 0.6) is 0 Å². The summed E-state index contributed by atoms with van der Waals surface area (Å²) in [6.45, 7) is 0.668. The summed E-state index contributed by atoms with van der Waals surface area (Å²) in [4.78, 5) is 0. The molecule has 0 aromatic carbocycles. The molecule has 0 aliphatic carbocycles. The van der Waals surface area contributed by atoms with E-state index in [1.54, 1.807) is 0 Å². The van der Waals surface area contributed by atoms with E-state index in [4.69, 9.17) is 14.6 Å². The fraction of sp³-hybridized carbons (Fsp3) is 1.00. The Bertz CT molecular complexity index is 115. The zero-order valence-corrected chi connectivity index (χ0v) is 5.12. The highest BCUT2D eigenvalue weighted by Gasteiger charge is 2.36. The van der Waals surface area contributed by atoms with Crippen LogP contribution in [0.3, 0.4) is 0 Å². The molecule has 1 N–H and O–H groups in total. The average Bonchev–Trinajstić information content (AvgIpc) is 2.25. The van der Waals surface area contributed by atoms with Crippen molar-refractivity contribution in [2.45, 2.75) is 31.3 Å². The van der Waals surface area contributed by atoms with E-state index in [2.05, 4.69) is 0 Å². The summed E-state index contributed by atoms with van der Waals surface area (Å²) in [6.07, 6.45) is 1.33. The first kappa shape index (κ1) is 5.65. The van der Waals surface area contributed by atoms with E-state index >= 15 is 0 Å². The minimum atomic E-state index is -0.385. The van der Waals surface area contributed by atoms with Crippen LogP contribution < -0.4 is 0 Å². The summed E-state index contributed by atoms with van der Waals surface area (Å²) in [5.41, 5.74) is 0. The van der Waals surface area contributed by atoms with E-state index in [0.29, 0.717) is 6.61 Å². The molecule has 52 valence electrons. The van der Waals surface area contributed by atoms with Gasteiger partial charge in [0.25, 0.3) is 0 Å². The van der Waals surface area contributed by atoms with Gasteiger partial charge in [-0.2, -0.15) is 0 Å². The summed E-state index contributed by atoms with van der Waals surface area (Å²) in [6, 6.07) is 0. The smallest absolute Gasteiger partial charge is 0.183 e. The fourth-order valence-corrected chi connectivity index (χ4v) is 1.32. The van der Waals surface area contributed by atoms with Gasteiger partial charge in [0.15, 0.2) is 6.29 Å². The summed E-state index contributed by atoms with van der Waals surface area (Å²) >= 11 is 0. The third-order valence-corrected chi connectivity index (χ3v) is 1.87. The van der Waals surface area contributed by atoms with Crippen LogP contribution in [-0.4, -0.2) is 30.2 Å². The Kier molecular flexibility index (Phi) is 1.22. The molecule has 2 saturated heterocycles. The first-order valence-electron chi connectivity index (χ1n) is 3.31. The molecule has 0 radical (unpaired) electrons. The van der Waals surface area contributed by atoms with E-state index in [-0.39, 0.29) is 18.5 Å². The molecule has 2 aliphatic heterocycles. The monoisotopic (exact) mass is 130 g/mol. The van der Waals surface area contributed by atoms with Crippen molar-refractivity contribution in [3.8, 4) is 0 Å². The van der Waals surface area contributed by atoms with Gasteiger partial charge in [0.2, 0.25) is 0 Å². The van der Waals surface area contributed by atoms with Crippen molar-refractivity contribution >= 4 is 0 Å². The third-order valence-electron chi connectivity index (χ3n) is 1.87. The molecule has 0 aromatic heterocycles. The van der Waals surface area contributed by atoms with Gasteiger partial charge in [0.1, 0.15) is 6.10 Å². The van der Waals surface area contributed by atoms with E-state index in [9.17, 15) is 0 Å². The lowest BCUT2D eigenvalue weighted by atomic mass is 10.1. The molecular weight excluding hydrogens is 120 g/mol. The van der Waals surface area contributed by atoms with Crippen LogP contribution >= 0.6 is 0 Å². The maximum absolute atomic E-state index is 9.15. The molecule has 9 heavy (non-hydrogen) atoms. The van der Waals surface area contributed by atoms with E-state index in [1.165, 1.54) is 0 Å². The number of fused-ring (bicyclic) bond motifs is 2. The molecule has 0 aromatic rings. The Morgan fingerprint density at radius 1 is 1.33 bits per heavy atom. The molecule has 2 aliphatic rings. The van der Waals surface area contributed by atoms with Gasteiger partial charge in [0.05, 0.1) is 12.7 Å². The van der Waals surface area contributed by atoms with Gasteiger partial charge in [-0.25, -0.2) is 0 Å². The molecule has 0 amide bonds. The number of rotatable bonds is 0. The first-order chi connectivity index (χ1) is 4.36. The van der Waals surface area contributed by atoms with Crippen molar-refractivity contribution in [2.24, 2.45) is 0 Å². The predicted molar refractivity (Wildman–Crippen MR) is 29.9 cm³/mol. The number of hydrogen-bond acceptors (Lipinski definition) is 3. The largest absolute Gasteiger partial charge is 0.388 e. The van der Waals surface area contributed by atoms with Crippen molar-refractivity contribution in [3.63, 3.8) is 0 Å². The number of aliphatic hydroxyl groups is 1. The van der Waals surface area contributed by atoms with E-state index in [0.717, 1.165) is 12.8 Å². The molecular formula is C6H10O3. The molecule has 3 nitrogen and oxygen atoms in total. The minimum Gasteiger partial charge on any atom is -0.388 e. The second-order valence-electron chi connectivity index (χ2n) is 2.60. The van der Waals surface area contributed by atoms with Crippen LogP contribution in [0, 0.1) is 0 Å². The molecule has 2 rings (SSSR count). The zero-order valence-electron chi connectivity index (χ0n) is 5.12. The highest BCUT2D eigenvalue weighted by Crippen LogP contribution is 2.26. The molecule has 3 atom stereocenters. The normalized spacial score (nSPS) is 49.7. The van der Waals surface area contributed by atoms with Crippen molar-refractivity contribution in [2.75, 3.05) is 6.61 Å². The van der Waals surface area contributed by atoms with Gasteiger partial charge in [-0.1, -0.05) is 0 Å². The highest BCUT2D eigenvalue weighted by atomic mass is 16.7. The fourth-order valence-electron chi connectivity index (χ4n) is 1.32. The van der Waals surface area contributed by atoms with Crippen molar-refractivity contribution in [1.29, 1.82) is 0 Å². The molecule has 0 spiro atoms. The van der Waals surface area contributed by atoms with Gasteiger partial charge in [-0.05, 0) is 12.8 Å². The maximum Gasteiger partial charge on any atom is 0.183 e. The standard InChI is InChI=1S/C6H10O3/c7-5-2-1-4-3-8-6(5)9-4/h4-7H,1-3H2/t4-,5?,6+/m1/s1. The van der Waals surface area contributed by atoms with Crippen LogP contribution in [0.2, 0.25) is 0 Å². The van der Waals surface area contributed by atoms with Crippen LogP contribution in [0.4, 0.5) is 0 Å². The Labute approximate surface area is 53.6 Å². The Hall–Kier alpha value is -0.120. The van der Waals surface area contributed by atoms with Crippen LogP contribution in [0.1, 0.15) is 12.8 Å². The van der Waals surface area contributed by atoms with E-state index < -0.39 is 0 Å². The number of aliphatic hydroxyl groups excluding tert-OH is 1. The number of hydrogen-bond donors (Lipinski definition) is 1.